The third kappa shape index (κ3) is 1.29. The van der Waals surface area contributed by atoms with Crippen LogP contribution in [-0.4, -0.2) is 17.7 Å². The first-order chi connectivity index (χ1) is 7.60. The van der Waals surface area contributed by atoms with Gasteiger partial charge in [0, 0.05) is 6.04 Å². The van der Waals surface area contributed by atoms with E-state index in [0.29, 0.717) is 11.8 Å². The monoisotopic (exact) mass is 217 g/mol. The standard InChI is InChI=1S/C14H19NO/c1-9-3-4-12(16)11-7-10-8-14(2,13(9)11)5-6-15-10/h3-4,10,15-16H,5-8H2,1-2H3. The molecule has 1 aliphatic heterocycles. The van der Waals surface area contributed by atoms with Crippen LogP contribution in [-0.2, 0) is 11.8 Å². The summed E-state index contributed by atoms with van der Waals surface area (Å²) in [6.45, 7) is 5.63. The van der Waals surface area contributed by atoms with E-state index in [1.807, 2.05) is 6.07 Å². The first kappa shape index (κ1) is 10.2. The summed E-state index contributed by atoms with van der Waals surface area (Å²) in [5.41, 5.74) is 4.22. The van der Waals surface area contributed by atoms with E-state index in [9.17, 15) is 5.11 Å². The highest BCUT2D eigenvalue weighted by atomic mass is 16.3. The van der Waals surface area contributed by atoms with Gasteiger partial charge in [-0.05, 0) is 60.9 Å². The number of aromatic hydroxyl groups is 1. The highest BCUT2D eigenvalue weighted by Gasteiger charge is 2.41. The second kappa shape index (κ2) is 3.24. The van der Waals surface area contributed by atoms with E-state index in [2.05, 4.69) is 25.2 Å². The van der Waals surface area contributed by atoms with Crippen molar-refractivity contribution in [2.45, 2.75) is 44.6 Å². The summed E-state index contributed by atoms with van der Waals surface area (Å²) in [5.74, 6) is 0.486. The Labute approximate surface area is 96.7 Å². The number of benzene rings is 1. The van der Waals surface area contributed by atoms with Crippen LogP contribution in [0.1, 0.15) is 36.5 Å². The number of fused-ring (bicyclic) bond motifs is 4. The molecule has 1 aromatic carbocycles. The highest BCUT2D eigenvalue weighted by molar-refractivity contribution is 5.50. The molecular weight excluding hydrogens is 198 g/mol. The summed E-state index contributed by atoms with van der Waals surface area (Å²) < 4.78 is 0. The van der Waals surface area contributed by atoms with E-state index in [0.717, 1.165) is 13.0 Å². The maximum atomic E-state index is 10.0. The predicted molar refractivity (Wildman–Crippen MR) is 64.9 cm³/mol. The average Bonchev–Trinajstić information content (AvgIpc) is 2.22. The number of phenols is 1. The number of aryl methyl sites for hydroxylation is 1. The highest BCUT2D eigenvalue weighted by Crippen LogP contribution is 2.45. The zero-order valence-electron chi connectivity index (χ0n) is 10.0. The topological polar surface area (TPSA) is 32.3 Å². The van der Waals surface area contributed by atoms with Crippen molar-refractivity contribution in [3.05, 3.63) is 28.8 Å². The molecule has 2 aliphatic rings. The van der Waals surface area contributed by atoms with Crippen molar-refractivity contribution in [2.24, 2.45) is 0 Å². The molecule has 0 saturated carbocycles. The number of hydrogen-bond donors (Lipinski definition) is 2. The molecule has 1 aliphatic carbocycles. The Bertz CT molecular complexity index is 441. The average molecular weight is 217 g/mol. The molecular formula is C14H19NO. The lowest BCUT2D eigenvalue weighted by molar-refractivity contribution is 0.245. The van der Waals surface area contributed by atoms with Crippen LogP contribution in [0.25, 0.3) is 0 Å². The van der Waals surface area contributed by atoms with Gasteiger partial charge in [-0.2, -0.15) is 0 Å². The van der Waals surface area contributed by atoms with Crippen LogP contribution in [0.2, 0.25) is 0 Å². The van der Waals surface area contributed by atoms with E-state index < -0.39 is 0 Å². The van der Waals surface area contributed by atoms with Crippen LogP contribution in [0.15, 0.2) is 12.1 Å². The lowest BCUT2D eigenvalue weighted by Gasteiger charge is -2.45. The summed E-state index contributed by atoms with van der Waals surface area (Å²) in [6, 6.07) is 4.46. The third-order valence-electron chi connectivity index (χ3n) is 4.36. The molecule has 3 rings (SSSR count). The van der Waals surface area contributed by atoms with E-state index in [1.165, 1.54) is 29.5 Å². The molecule has 0 spiro atoms. The van der Waals surface area contributed by atoms with E-state index >= 15 is 0 Å². The van der Waals surface area contributed by atoms with Gasteiger partial charge in [-0.15, -0.1) is 0 Å². The van der Waals surface area contributed by atoms with Gasteiger partial charge >= 0.3 is 0 Å². The van der Waals surface area contributed by atoms with Crippen molar-refractivity contribution >= 4 is 0 Å². The minimum atomic E-state index is 0.270. The van der Waals surface area contributed by atoms with Gasteiger partial charge in [-0.25, -0.2) is 0 Å². The second-order valence-electron chi connectivity index (χ2n) is 5.63. The molecule has 2 heteroatoms. The first-order valence-corrected chi connectivity index (χ1v) is 6.15. The lowest BCUT2D eigenvalue weighted by Crippen LogP contribution is -2.49. The van der Waals surface area contributed by atoms with Gasteiger partial charge in [0.25, 0.3) is 0 Å². The van der Waals surface area contributed by atoms with Gasteiger partial charge in [-0.3, -0.25) is 0 Å². The van der Waals surface area contributed by atoms with Crippen LogP contribution >= 0.6 is 0 Å². The van der Waals surface area contributed by atoms with Gasteiger partial charge in [0.2, 0.25) is 0 Å². The normalized spacial score (nSPS) is 32.2. The van der Waals surface area contributed by atoms with Crippen molar-refractivity contribution < 1.29 is 5.11 Å². The van der Waals surface area contributed by atoms with Crippen LogP contribution in [0.3, 0.4) is 0 Å². The Morgan fingerprint density at radius 2 is 2.25 bits per heavy atom. The van der Waals surface area contributed by atoms with E-state index in [4.69, 9.17) is 0 Å². The molecule has 2 N–H and O–H groups in total. The molecule has 0 radical (unpaired) electrons. The van der Waals surface area contributed by atoms with Crippen LogP contribution in [0.5, 0.6) is 5.75 Å². The van der Waals surface area contributed by atoms with Gasteiger partial charge in [0.05, 0.1) is 0 Å². The molecule has 1 aromatic rings. The Kier molecular flexibility index (Phi) is 2.05. The number of piperidine rings is 1. The fourth-order valence-corrected chi connectivity index (χ4v) is 3.69. The Morgan fingerprint density at radius 1 is 1.44 bits per heavy atom. The fraction of sp³-hybridized carbons (Fsp3) is 0.571. The summed E-state index contributed by atoms with van der Waals surface area (Å²) in [7, 11) is 0. The van der Waals surface area contributed by atoms with Crippen LogP contribution in [0.4, 0.5) is 0 Å². The number of rotatable bonds is 0. The smallest absolute Gasteiger partial charge is 0.119 e. The molecule has 2 atom stereocenters. The van der Waals surface area contributed by atoms with Crippen LogP contribution in [0, 0.1) is 6.92 Å². The second-order valence-corrected chi connectivity index (χ2v) is 5.63. The summed E-state index contributed by atoms with van der Waals surface area (Å²) in [5, 5.41) is 13.6. The van der Waals surface area contributed by atoms with E-state index in [1.54, 1.807) is 0 Å². The van der Waals surface area contributed by atoms with Crippen molar-refractivity contribution in [2.75, 3.05) is 6.54 Å². The third-order valence-corrected chi connectivity index (χ3v) is 4.36. The minimum Gasteiger partial charge on any atom is -0.508 e. The number of hydrogen-bond acceptors (Lipinski definition) is 2. The lowest BCUT2D eigenvalue weighted by atomic mass is 9.64. The Balaban J connectivity index is 2.23. The molecule has 2 unspecified atom stereocenters. The van der Waals surface area contributed by atoms with Gasteiger partial charge in [-0.1, -0.05) is 13.0 Å². The number of phenolic OH excluding ortho intramolecular Hbond substituents is 1. The maximum absolute atomic E-state index is 10.0. The summed E-state index contributed by atoms with van der Waals surface area (Å²) in [6.07, 6.45) is 3.38. The molecule has 1 fully saturated rings. The zero-order valence-corrected chi connectivity index (χ0v) is 10.0. The molecule has 0 amide bonds. The molecule has 2 bridgehead atoms. The Morgan fingerprint density at radius 3 is 3.06 bits per heavy atom. The predicted octanol–water partition coefficient (Wildman–Crippen LogP) is 2.27. The molecule has 86 valence electrons. The van der Waals surface area contributed by atoms with Crippen molar-refractivity contribution in [1.29, 1.82) is 0 Å². The Hall–Kier alpha value is -1.02. The van der Waals surface area contributed by atoms with Crippen molar-refractivity contribution in [1.82, 2.24) is 5.32 Å². The molecule has 1 heterocycles. The van der Waals surface area contributed by atoms with Gasteiger partial charge in [0.15, 0.2) is 0 Å². The van der Waals surface area contributed by atoms with E-state index in [-0.39, 0.29) is 5.41 Å². The molecule has 0 aromatic heterocycles. The maximum Gasteiger partial charge on any atom is 0.119 e. The molecule has 2 nitrogen and oxygen atoms in total. The van der Waals surface area contributed by atoms with Gasteiger partial charge in [0.1, 0.15) is 5.75 Å². The quantitative estimate of drug-likeness (QED) is 0.698. The minimum absolute atomic E-state index is 0.270. The van der Waals surface area contributed by atoms with Crippen LogP contribution < -0.4 is 5.32 Å². The first-order valence-electron chi connectivity index (χ1n) is 6.15. The zero-order chi connectivity index (χ0) is 11.3. The largest absolute Gasteiger partial charge is 0.508 e. The summed E-state index contributed by atoms with van der Waals surface area (Å²) >= 11 is 0. The summed E-state index contributed by atoms with van der Waals surface area (Å²) in [4.78, 5) is 0. The van der Waals surface area contributed by atoms with Gasteiger partial charge < -0.3 is 10.4 Å². The number of nitrogens with one attached hydrogen (secondary N) is 1. The van der Waals surface area contributed by atoms with Crippen molar-refractivity contribution in [3.8, 4) is 5.75 Å². The molecule has 16 heavy (non-hydrogen) atoms. The fourth-order valence-electron chi connectivity index (χ4n) is 3.69. The SMILES string of the molecule is Cc1ccc(O)c2c1C1(C)CCNC(C2)C1. The molecule has 1 saturated heterocycles. The van der Waals surface area contributed by atoms with Crippen molar-refractivity contribution in [3.63, 3.8) is 0 Å².